The Hall–Kier alpha value is -1.06. The maximum Gasteiger partial charge on any atom is 0.296 e. The monoisotopic (exact) mass is 317 g/mol. The van der Waals surface area contributed by atoms with Crippen LogP contribution in [0.4, 0.5) is 0 Å². The molecule has 0 heterocycles. The van der Waals surface area contributed by atoms with E-state index in [0.29, 0.717) is 17.3 Å². The molecule has 4 aliphatic rings. The molecule has 4 aliphatic carbocycles. The number of carbonyl (C=O) groups is 1. The van der Waals surface area contributed by atoms with Crippen LogP contribution in [0.2, 0.25) is 0 Å². The lowest BCUT2D eigenvalue weighted by molar-refractivity contribution is -0.556. The first-order valence-electron chi connectivity index (χ1n) is 9.27. The first kappa shape index (κ1) is 15.5. The summed E-state index contributed by atoms with van der Waals surface area (Å²) < 4.78 is 2.44. The summed E-state index contributed by atoms with van der Waals surface area (Å²) in [5.74, 6) is 1.16. The second kappa shape index (κ2) is 4.73. The van der Waals surface area contributed by atoms with Crippen molar-refractivity contribution in [3.05, 3.63) is 4.91 Å². The molecule has 4 bridgehead atoms. The normalized spacial score (nSPS) is 48.8. The van der Waals surface area contributed by atoms with Gasteiger partial charge in [0, 0.05) is 17.5 Å². The Morgan fingerprint density at radius 3 is 2.43 bits per heavy atom. The molecule has 4 nitrogen and oxygen atoms in total. The average molecular weight is 317 g/mol. The molecule has 1 amide bonds. The zero-order chi connectivity index (χ0) is 16.6. The van der Waals surface area contributed by atoms with Gasteiger partial charge >= 0.3 is 0 Å². The number of carbonyl (C=O) groups excluding carboxylic acids is 1. The summed E-state index contributed by atoms with van der Waals surface area (Å²) in [4.78, 5) is 23.1. The predicted octanol–water partition coefficient (Wildman–Crippen LogP) is 3.62. The molecule has 23 heavy (non-hydrogen) atoms. The highest BCUT2D eigenvalue weighted by Gasteiger charge is 2.65. The van der Waals surface area contributed by atoms with Crippen molar-refractivity contribution >= 4 is 11.6 Å². The van der Waals surface area contributed by atoms with Crippen molar-refractivity contribution in [1.82, 2.24) is 0 Å². The van der Waals surface area contributed by atoms with Crippen LogP contribution >= 0.6 is 0 Å². The van der Waals surface area contributed by atoms with E-state index in [9.17, 15) is 9.70 Å². The molecule has 0 aromatic rings. The van der Waals surface area contributed by atoms with Gasteiger partial charge in [0.05, 0.1) is 5.41 Å². The number of nitroso groups, excluding NO2 is 1. The molecule has 4 saturated carbocycles. The highest BCUT2D eigenvalue weighted by molar-refractivity contribution is 5.90. The third-order valence-corrected chi connectivity index (χ3v) is 8.63. The number of hydrogen-bond donors (Lipinski definition) is 0. The van der Waals surface area contributed by atoms with Gasteiger partial charge in [0.2, 0.25) is 0 Å². The Morgan fingerprint density at radius 2 is 1.87 bits per heavy atom. The van der Waals surface area contributed by atoms with Crippen LogP contribution in [0.1, 0.15) is 59.3 Å². The fraction of sp³-hybridized carbons (Fsp3) is 0.895. The number of nitrogens with zero attached hydrogens (tertiary/aromatic N) is 2. The summed E-state index contributed by atoms with van der Waals surface area (Å²) in [6, 6.07) is 0.209. The molecular formula is C19H29N2O2+. The Morgan fingerprint density at radius 1 is 1.17 bits per heavy atom. The molecule has 0 saturated heterocycles. The van der Waals surface area contributed by atoms with E-state index in [0.717, 1.165) is 18.8 Å². The summed E-state index contributed by atoms with van der Waals surface area (Å²) in [6.07, 6.45) is 7.17. The van der Waals surface area contributed by atoms with Gasteiger partial charge in [-0.3, -0.25) is 4.79 Å². The number of fused-ring (bicyclic) bond motifs is 4. The third kappa shape index (κ3) is 1.78. The van der Waals surface area contributed by atoms with Crippen LogP contribution in [0.25, 0.3) is 0 Å². The minimum atomic E-state index is -0.401. The van der Waals surface area contributed by atoms with Crippen LogP contribution in [0.15, 0.2) is 5.18 Å². The van der Waals surface area contributed by atoms with E-state index in [1.165, 1.54) is 25.7 Å². The van der Waals surface area contributed by atoms with Crippen LogP contribution in [-0.4, -0.2) is 29.3 Å². The second-order valence-electron chi connectivity index (χ2n) is 9.33. The lowest BCUT2D eigenvalue weighted by atomic mass is 9.70. The zero-order valence-corrected chi connectivity index (χ0v) is 14.8. The first-order chi connectivity index (χ1) is 10.8. The molecule has 0 aromatic heterocycles. The molecule has 0 aromatic carbocycles. The van der Waals surface area contributed by atoms with Crippen molar-refractivity contribution in [2.75, 3.05) is 7.05 Å². The Labute approximate surface area is 138 Å². The summed E-state index contributed by atoms with van der Waals surface area (Å²) >= 11 is 0. The van der Waals surface area contributed by atoms with Crippen LogP contribution < -0.4 is 0 Å². The average Bonchev–Trinajstić information content (AvgIpc) is 3.23. The van der Waals surface area contributed by atoms with Gasteiger partial charge < -0.3 is 0 Å². The van der Waals surface area contributed by atoms with Crippen molar-refractivity contribution in [3.63, 3.8) is 0 Å². The maximum atomic E-state index is 12.2. The molecule has 6 unspecified atom stereocenters. The zero-order valence-electron chi connectivity index (χ0n) is 14.8. The van der Waals surface area contributed by atoms with Gasteiger partial charge in [-0.2, -0.15) is 0 Å². The van der Waals surface area contributed by atoms with Crippen LogP contribution in [-0.2, 0) is 4.79 Å². The second-order valence-corrected chi connectivity index (χ2v) is 9.33. The predicted molar refractivity (Wildman–Crippen MR) is 89.3 cm³/mol. The molecule has 0 radical (unpaired) electrons. The smallest absolute Gasteiger partial charge is 0.268 e. The van der Waals surface area contributed by atoms with Crippen molar-refractivity contribution in [2.45, 2.75) is 65.3 Å². The molecule has 126 valence electrons. The van der Waals surface area contributed by atoms with E-state index in [-0.39, 0.29) is 17.4 Å². The lowest BCUT2D eigenvalue weighted by Gasteiger charge is -2.34. The van der Waals surface area contributed by atoms with Crippen LogP contribution in [0, 0.1) is 39.4 Å². The fourth-order valence-electron chi connectivity index (χ4n) is 6.87. The van der Waals surface area contributed by atoms with E-state index in [2.05, 4.69) is 37.6 Å². The summed E-state index contributed by atoms with van der Waals surface area (Å²) in [7, 11) is 2.19. The lowest BCUT2D eigenvalue weighted by Crippen LogP contribution is -2.46. The first-order valence-corrected chi connectivity index (χ1v) is 9.27. The molecule has 0 spiro atoms. The molecule has 4 rings (SSSR count). The number of hydrogen-bond acceptors (Lipinski definition) is 2. The SMILES string of the molecule is C[N+](=C1CC2CCC1(C)C2(C)C)C1C2CCC(C2)C1C(=O)N=O. The number of amides is 1. The summed E-state index contributed by atoms with van der Waals surface area (Å²) in [6.45, 7) is 7.26. The summed E-state index contributed by atoms with van der Waals surface area (Å²) in [5, 5.41) is 2.82. The highest BCUT2D eigenvalue weighted by atomic mass is 16.3. The van der Waals surface area contributed by atoms with Gasteiger partial charge in [-0.15, -0.1) is 4.91 Å². The van der Waals surface area contributed by atoms with Gasteiger partial charge in [0.25, 0.3) is 5.91 Å². The quantitative estimate of drug-likeness (QED) is 0.577. The van der Waals surface area contributed by atoms with E-state index in [4.69, 9.17) is 0 Å². The van der Waals surface area contributed by atoms with Crippen molar-refractivity contribution in [1.29, 1.82) is 0 Å². The molecule has 4 fully saturated rings. The maximum absolute atomic E-state index is 12.2. The standard InChI is InChI=1S/C19H29N2O2/c1-18(2)13-7-8-19(18,3)14(10-13)21(4)16-12-6-5-11(9-12)15(16)17(22)20-23/h11-13,15-16H,5-10H2,1-4H3/q+1. The van der Waals surface area contributed by atoms with Gasteiger partial charge in [0.1, 0.15) is 13.0 Å². The topological polar surface area (TPSA) is 49.5 Å². The van der Waals surface area contributed by atoms with Gasteiger partial charge in [-0.25, -0.2) is 4.58 Å². The van der Waals surface area contributed by atoms with Gasteiger partial charge in [-0.1, -0.05) is 13.8 Å². The third-order valence-electron chi connectivity index (χ3n) is 8.63. The highest BCUT2D eigenvalue weighted by Crippen LogP contribution is 2.64. The Balaban J connectivity index is 1.75. The van der Waals surface area contributed by atoms with Crippen molar-refractivity contribution in [3.8, 4) is 0 Å². The van der Waals surface area contributed by atoms with Gasteiger partial charge in [0.15, 0.2) is 11.8 Å². The molecule has 0 aliphatic heterocycles. The van der Waals surface area contributed by atoms with E-state index >= 15 is 0 Å². The fourth-order valence-corrected chi connectivity index (χ4v) is 6.87. The van der Waals surface area contributed by atoms with E-state index in [1.807, 2.05) is 0 Å². The van der Waals surface area contributed by atoms with Crippen molar-refractivity contribution < 1.29 is 9.37 Å². The Bertz CT molecular complexity index is 608. The molecule has 4 heteroatoms. The minimum Gasteiger partial charge on any atom is -0.268 e. The van der Waals surface area contributed by atoms with E-state index < -0.39 is 5.91 Å². The summed E-state index contributed by atoms with van der Waals surface area (Å²) in [5.41, 5.74) is 2.13. The molecule has 0 N–H and O–H groups in total. The molecule has 6 atom stereocenters. The van der Waals surface area contributed by atoms with Crippen LogP contribution in [0.5, 0.6) is 0 Å². The van der Waals surface area contributed by atoms with Crippen LogP contribution in [0.3, 0.4) is 0 Å². The van der Waals surface area contributed by atoms with Gasteiger partial charge in [-0.05, 0) is 56.3 Å². The Kier molecular flexibility index (Phi) is 3.18. The van der Waals surface area contributed by atoms with E-state index in [1.54, 1.807) is 5.71 Å². The largest absolute Gasteiger partial charge is 0.296 e. The van der Waals surface area contributed by atoms with Crippen molar-refractivity contribution in [2.24, 2.45) is 39.7 Å². The molecular weight excluding hydrogens is 288 g/mol. The number of rotatable bonds is 2. The minimum absolute atomic E-state index is 0.158.